The highest BCUT2D eigenvalue weighted by atomic mass is 32.2. The highest BCUT2D eigenvalue weighted by Crippen LogP contribution is 2.19. The second-order valence-electron chi connectivity index (χ2n) is 4.61. The van der Waals surface area contributed by atoms with Crippen LogP contribution in [0.25, 0.3) is 0 Å². The van der Waals surface area contributed by atoms with Crippen molar-refractivity contribution in [2.24, 2.45) is 5.73 Å². The molecule has 6 heteroatoms. The largest absolute Gasteiger partial charge is 0.488 e. The normalized spacial score (nSPS) is 11.1. The first-order valence-electron chi connectivity index (χ1n) is 6.23. The van der Waals surface area contributed by atoms with Gasteiger partial charge in [0.15, 0.2) is 9.84 Å². The summed E-state index contributed by atoms with van der Waals surface area (Å²) in [6, 6.07) is 13.5. The molecule has 21 heavy (non-hydrogen) atoms. The van der Waals surface area contributed by atoms with E-state index in [-0.39, 0.29) is 17.3 Å². The van der Waals surface area contributed by atoms with E-state index in [0.29, 0.717) is 11.3 Å². The Morgan fingerprint density at radius 1 is 1.14 bits per heavy atom. The topological polar surface area (TPSA) is 93.2 Å². The lowest BCUT2D eigenvalue weighted by molar-refractivity contribution is 0.305. The fourth-order valence-electron chi connectivity index (χ4n) is 1.81. The molecule has 2 rings (SSSR count). The monoisotopic (exact) mass is 304 g/mol. The van der Waals surface area contributed by atoms with Crippen LogP contribution in [0.2, 0.25) is 0 Å². The number of nitrogen functional groups attached to an aromatic ring is 1. The Morgan fingerprint density at radius 2 is 1.76 bits per heavy atom. The first-order chi connectivity index (χ1) is 9.88. The second-order valence-corrected chi connectivity index (χ2v) is 6.63. The highest BCUT2D eigenvalue weighted by Gasteiger charge is 2.08. The molecule has 0 aliphatic heterocycles. The molecule has 0 aliphatic carbocycles. The molecule has 0 unspecified atom stereocenters. The van der Waals surface area contributed by atoms with Crippen molar-refractivity contribution in [1.29, 1.82) is 5.41 Å². The lowest BCUT2D eigenvalue weighted by atomic mass is 10.2. The first-order valence-corrected chi connectivity index (χ1v) is 8.12. The Kier molecular flexibility index (Phi) is 4.28. The van der Waals surface area contributed by atoms with Crippen molar-refractivity contribution in [3.8, 4) is 5.75 Å². The maximum Gasteiger partial charge on any atom is 0.175 e. The van der Waals surface area contributed by atoms with Crippen molar-refractivity contribution in [3.05, 3.63) is 59.7 Å². The summed E-state index contributed by atoms with van der Waals surface area (Å²) in [5.74, 6) is 0.468. The van der Waals surface area contributed by atoms with Gasteiger partial charge in [0.2, 0.25) is 0 Å². The predicted octanol–water partition coefficient (Wildman–Crippen LogP) is 1.95. The minimum atomic E-state index is -3.19. The molecule has 0 amide bonds. The first kappa shape index (κ1) is 15.1. The molecular formula is C15H16N2O3S. The Balaban J connectivity index is 2.12. The van der Waals surface area contributed by atoms with Gasteiger partial charge in [-0.25, -0.2) is 8.42 Å². The average molecular weight is 304 g/mol. The van der Waals surface area contributed by atoms with Crippen LogP contribution in [0.15, 0.2) is 53.4 Å². The van der Waals surface area contributed by atoms with Crippen LogP contribution in [-0.4, -0.2) is 20.5 Å². The summed E-state index contributed by atoms with van der Waals surface area (Å²) < 4.78 is 28.4. The smallest absolute Gasteiger partial charge is 0.175 e. The molecule has 2 aromatic rings. The van der Waals surface area contributed by atoms with E-state index >= 15 is 0 Å². The fourth-order valence-corrected chi connectivity index (χ4v) is 2.44. The second kappa shape index (κ2) is 5.97. The number of nitrogens with one attached hydrogen (secondary N) is 1. The Hall–Kier alpha value is -2.34. The lowest BCUT2D eigenvalue weighted by Crippen LogP contribution is -2.13. The number of hydrogen-bond acceptors (Lipinski definition) is 4. The van der Waals surface area contributed by atoms with Crippen molar-refractivity contribution in [2.45, 2.75) is 11.5 Å². The van der Waals surface area contributed by atoms with Crippen LogP contribution in [0.4, 0.5) is 0 Å². The van der Waals surface area contributed by atoms with E-state index in [9.17, 15) is 8.42 Å². The van der Waals surface area contributed by atoms with Crippen LogP contribution in [0.5, 0.6) is 5.75 Å². The summed E-state index contributed by atoms with van der Waals surface area (Å²) in [7, 11) is -3.19. The van der Waals surface area contributed by atoms with Gasteiger partial charge in [-0.1, -0.05) is 24.3 Å². The van der Waals surface area contributed by atoms with Gasteiger partial charge in [-0.2, -0.15) is 0 Å². The zero-order valence-electron chi connectivity index (χ0n) is 11.5. The summed E-state index contributed by atoms with van der Waals surface area (Å²) in [5.41, 5.74) is 6.85. The standard InChI is InChI=1S/C15H16N2O3S/c1-21(18,19)12-8-6-11(7-9-12)10-20-14-5-3-2-4-13(14)15(16)17/h2-9H,10H2,1H3,(H3,16,17). The van der Waals surface area contributed by atoms with E-state index in [4.69, 9.17) is 15.9 Å². The van der Waals surface area contributed by atoms with E-state index in [0.717, 1.165) is 5.56 Å². The zero-order chi connectivity index (χ0) is 15.5. The van der Waals surface area contributed by atoms with Gasteiger partial charge in [-0.15, -0.1) is 0 Å². The number of ether oxygens (including phenoxy) is 1. The summed E-state index contributed by atoms with van der Waals surface area (Å²) >= 11 is 0. The lowest BCUT2D eigenvalue weighted by Gasteiger charge is -2.10. The van der Waals surface area contributed by atoms with Crippen molar-refractivity contribution in [3.63, 3.8) is 0 Å². The quantitative estimate of drug-likeness (QED) is 0.652. The fraction of sp³-hybridized carbons (Fsp3) is 0.133. The van der Waals surface area contributed by atoms with E-state index < -0.39 is 9.84 Å². The molecule has 0 bridgehead atoms. The summed E-state index contributed by atoms with van der Waals surface area (Å²) in [5, 5.41) is 7.49. The van der Waals surface area contributed by atoms with Gasteiger partial charge in [0.1, 0.15) is 18.2 Å². The van der Waals surface area contributed by atoms with E-state index in [1.807, 2.05) is 0 Å². The number of nitrogens with two attached hydrogens (primary N) is 1. The van der Waals surface area contributed by atoms with Crippen molar-refractivity contribution >= 4 is 15.7 Å². The molecule has 0 fully saturated rings. The maximum absolute atomic E-state index is 11.4. The minimum absolute atomic E-state index is 0.0574. The van der Waals surface area contributed by atoms with Crippen LogP contribution in [0.3, 0.4) is 0 Å². The number of rotatable bonds is 5. The third kappa shape index (κ3) is 3.82. The van der Waals surface area contributed by atoms with Gasteiger partial charge >= 0.3 is 0 Å². The molecular weight excluding hydrogens is 288 g/mol. The van der Waals surface area contributed by atoms with Crippen LogP contribution in [0.1, 0.15) is 11.1 Å². The number of hydrogen-bond donors (Lipinski definition) is 2. The van der Waals surface area contributed by atoms with Crippen molar-refractivity contribution in [2.75, 3.05) is 6.26 Å². The maximum atomic E-state index is 11.4. The van der Waals surface area contributed by atoms with Gasteiger partial charge < -0.3 is 10.5 Å². The molecule has 0 aliphatic rings. The molecule has 2 aromatic carbocycles. The van der Waals surface area contributed by atoms with Gasteiger partial charge in [0.05, 0.1) is 10.5 Å². The van der Waals surface area contributed by atoms with Gasteiger partial charge in [-0.3, -0.25) is 5.41 Å². The summed E-state index contributed by atoms with van der Waals surface area (Å²) in [4.78, 5) is 0.274. The predicted molar refractivity (Wildman–Crippen MR) is 81.3 cm³/mol. The van der Waals surface area contributed by atoms with E-state index in [1.54, 1.807) is 48.5 Å². The third-order valence-electron chi connectivity index (χ3n) is 2.92. The van der Waals surface area contributed by atoms with Gasteiger partial charge in [-0.05, 0) is 29.8 Å². The highest BCUT2D eigenvalue weighted by molar-refractivity contribution is 7.90. The van der Waals surface area contributed by atoms with Gasteiger partial charge in [0, 0.05) is 6.26 Å². The molecule has 0 saturated heterocycles. The molecule has 0 saturated carbocycles. The molecule has 110 valence electrons. The number of sulfone groups is 1. The molecule has 0 spiro atoms. The van der Waals surface area contributed by atoms with Crippen LogP contribution in [-0.2, 0) is 16.4 Å². The Labute approximate surface area is 123 Å². The Morgan fingerprint density at radius 3 is 2.33 bits per heavy atom. The zero-order valence-corrected chi connectivity index (χ0v) is 12.4. The number of amidine groups is 1. The van der Waals surface area contributed by atoms with Crippen molar-refractivity contribution < 1.29 is 13.2 Å². The number of para-hydroxylation sites is 1. The average Bonchev–Trinajstić information content (AvgIpc) is 2.45. The summed E-state index contributed by atoms with van der Waals surface area (Å²) in [6.45, 7) is 0.272. The third-order valence-corrected chi connectivity index (χ3v) is 4.05. The Bertz CT molecular complexity index is 753. The molecule has 0 aromatic heterocycles. The molecule has 0 heterocycles. The van der Waals surface area contributed by atoms with Crippen LogP contribution >= 0.6 is 0 Å². The van der Waals surface area contributed by atoms with Crippen LogP contribution in [0, 0.1) is 5.41 Å². The molecule has 0 radical (unpaired) electrons. The minimum Gasteiger partial charge on any atom is -0.488 e. The van der Waals surface area contributed by atoms with E-state index in [1.165, 1.54) is 6.26 Å². The number of benzene rings is 2. The molecule has 5 nitrogen and oxygen atoms in total. The van der Waals surface area contributed by atoms with Crippen LogP contribution < -0.4 is 10.5 Å². The van der Waals surface area contributed by atoms with Crippen molar-refractivity contribution in [1.82, 2.24) is 0 Å². The summed E-state index contributed by atoms with van der Waals surface area (Å²) in [6.07, 6.45) is 1.17. The molecule has 0 atom stereocenters. The van der Waals surface area contributed by atoms with E-state index in [2.05, 4.69) is 0 Å². The molecule has 3 N–H and O–H groups in total. The SMILES string of the molecule is CS(=O)(=O)c1ccc(COc2ccccc2C(=N)N)cc1. The van der Waals surface area contributed by atoms with Gasteiger partial charge in [0.25, 0.3) is 0 Å².